The molecule has 2 saturated heterocycles. The third-order valence-electron chi connectivity index (χ3n) is 7.57. The summed E-state index contributed by atoms with van der Waals surface area (Å²) >= 11 is 0. The minimum absolute atomic E-state index is 0.205. The van der Waals surface area contributed by atoms with Crippen molar-refractivity contribution in [2.75, 3.05) is 63.3 Å². The van der Waals surface area contributed by atoms with Crippen molar-refractivity contribution in [1.29, 1.82) is 0 Å². The lowest BCUT2D eigenvalue weighted by atomic mass is 10.0. The summed E-state index contributed by atoms with van der Waals surface area (Å²) in [5, 5.41) is 7.46. The van der Waals surface area contributed by atoms with Crippen molar-refractivity contribution in [3.05, 3.63) is 66.7 Å². The first-order chi connectivity index (χ1) is 19.2. The molecule has 2 aromatic heterocycles. The molecular weight excluding hydrogens is 493 g/mol. The van der Waals surface area contributed by atoms with Crippen molar-refractivity contribution in [2.24, 2.45) is 0 Å². The van der Waals surface area contributed by atoms with Gasteiger partial charge in [0.05, 0.1) is 29.5 Å². The van der Waals surface area contributed by atoms with E-state index >= 15 is 0 Å². The van der Waals surface area contributed by atoms with Crippen LogP contribution in [0.4, 0.5) is 15.8 Å². The van der Waals surface area contributed by atoms with Crippen LogP contribution in [0.3, 0.4) is 0 Å². The summed E-state index contributed by atoms with van der Waals surface area (Å²) < 4.78 is 19.8. The van der Waals surface area contributed by atoms with Gasteiger partial charge in [0.1, 0.15) is 18.7 Å². The van der Waals surface area contributed by atoms with E-state index in [1.54, 1.807) is 25.4 Å². The number of anilines is 2. The second kappa shape index (κ2) is 13.5. The normalized spacial score (nSPS) is 16.4. The number of hydrogen-bond acceptors (Lipinski definition) is 6. The Kier molecular flexibility index (Phi) is 9.90. The van der Waals surface area contributed by atoms with Gasteiger partial charge in [0.15, 0.2) is 0 Å². The van der Waals surface area contributed by atoms with Crippen molar-refractivity contribution in [3.63, 3.8) is 0 Å². The van der Waals surface area contributed by atoms with Gasteiger partial charge in [0, 0.05) is 74.5 Å². The number of methoxy groups -OCH3 is 1. The molecule has 6 rings (SSSR count). The van der Waals surface area contributed by atoms with Crippen LogP contribution < -0.4 is 14.5 Å². The number of ether oxygens (including phenoxy) is 1. The van der Waals surface area contributed by atoms with E-state index in [1.165, 1.54) is 7.11 Å². The Hall–Kier alpha value is -3.49. The van der Waals surface area contributed by atoms with Crippen molar-refractivity contribution < 1.29 is 14.2 Å². The molecule has 8 heteroatoms. The Morgan fingerprint density at radius 1 is 0.795 bits per heavy atom. The average molecular weight is 535 g/mol. The van der Waals surface area contributed by atoms with Gasteiger partial charge in [-0.25, -0.2) is 4.39 Å². The van der Waals surface area contributed by atoms with E-state index in [4.69, 9.17) is 9.84 Å². The fourth-order valence-corrected chi connectivity index (χ4v) is 5.68. The summed E-state index contributed by atoms with van der Waals surface area (Å²) in [6.07, 6.45) is 5.82. The lowest BCUT2D eigenvalue weighted by Crippen LogP contribution is -2.53. The predicted molar refractivity (Wildman–Crippen MR) is 160 cm³/mol. The molecule has 0 saturated carbocycles. The van der Waals surface area contributed by atoms with Crippen LogP contribution in [0.25, 0.3) is 21.8 Å². The molecule has 0 aliphatic carbocycles. The zero-order chi connectivity index (χ0) is 27.8. The highest BCUT2D eigenvalue weighted by Crippen LogP contribution is 2.33. The highest BCUT2D eigenvalue weighted by atomic mass is 19.1. The van der Waals surface area contributed by atoms with Gasteiger partial charge in [0.2, 0.25) is 0 Å². The number of piperidine rings is 1. The minimum Gasteiger partial charge on any atom is -0.497 e. The Labute approximate surface area is 230 Å². The number of nitrogens with zero attached hydrogens (tertiary/aromatic N) is 5. The van der Waals surface area contributed by atoms with Crippen LogP contribution in [0.2, 0.25) is 0 Å². The predicted octanol–water partition coefficient (Wildman–Crippen LogP) is 5.09. The van der Waals surface area contributed by atoms with Gasteiger partial charge in [0.25, 0.3) is 0 Å². The zero-order valence-electron chi connectivity index (χ0n) is 23.5. The van der Waals surface area contributed by atoms with Crippen LogP contribution in [-0.2, 0) is 0 Å². The lowest BCUT2D eigenvalue weighted by molar-refractivity contribution is 0.160. The molecule has 7 nitrogen and oxygen atoms in total. The van der Waals surface area contributed by atoms with Crippen molar-refractivity contribution in [3.8, 4) is 5.75 Å². The summed E-state index contributed by atoms with van der Waals surface area (Å²) in [5.74, 6) is 0.668. The van der Waals surface area contributed by atoms with Crippen molar-refractivity contribution in [2.45, 2.75) is 32.7 Å². The monoisotopic (exact) mass is 534 g/mol. The quantitative estimate of drug-likeness (QED) is 0.340. The highest BCUT2D eigenvalue weighted by Gasteiger charge is 2.29. The average Bonchev–Trinajstić information content (AvgIpc) is 3.03. The molecule has 0 bridgehead atoms. The maximum absolute atomic E-state index is 14.2. The summed E-state index contributed by atoms with van der Waals surface area (Å²) in [6.45, 7) is 9.96. The number of aromatic nitrogens is 2. The first-order valence-corrected chi connectivity index (χ1v) is 13.9. The molecule has 208 valence electrons. The van der Waals surface area contributed by atoms with Gasteiger partial charge in [-0.15, -0.1) is 0 Å². The Morgan fingerprint density at radius 3 is 2.13 bits per heavy atom. The molecule has 2 aliphatic heterocycles. The second-order valence-corrected chi connectivity index (χ2v) is 9.43. The standard InChI is InChI=1S/C28H30FN5O.C2H6.CH4O/c1-35-22-18-20-4-2-10-30-27(20)26(19-22)34-16-14-32(15-17-34)21-8-12-33(13-9-21)25-7-6-24(29)23-5-3-11-31-28(23)25;2*1-2/h2-7,10-11,18-19,21H,8-9,12-17H2,1H3;1-2H3;2H,1H3/p+1. The molecule has 0 radical (unpaired) electrons. The molecule has 2 aliphatic rings. The molecule has 0 unspecified atom stereocenters. The molecule has 2 fully saturated rings. The van der Waals surface area contributed by atoms with Gasteiger partial charge >= 0.3 is 0 Å². The van der Waals surface area contributed by atoms with Crippen LogP contribution in [0.5, 0.6) is 5.75 Å². The largest absolute Gasteiger partial charge is 0.497 e. The van der Waals surface area contributed by atoms with E-state index in [1.807, 2.05) is 38.2 Å². The van der Waals surface area contributed by atoms with E-state index in [9.17, 15) is 4.39 Å². The summed E-state index contributed by atoms with van der Waals surface area (Å²) in [5.41, 5.74) is 4.00. The second-order valence-electron chi connectivity index (χ2n) is 9.43. The number of benzene rings is 2. The number of rotatable bonds is 4. The van der Waals surface area contributed by atoms with E-state index < -0.39 is 0 Å². The van der Waals surface area contributed by atoms with Gasteiger partial charge < -0.3 is 19.6 Å². The number of piperazine rings is 1. The third kappa shape index (κ3) is 6.07. The summed E-state index contributed by atoms with van der Waals surface area (Å²) in [6, 6.07) is 15.9. The maximum atomic E-state index is 14.2. The van der Waals surface area contributed by atoms with Crippen LogP contribution in [0, 0.1) is 5.82 Å². The fourth-order valence-electron chi connectivity index (χ4n) is 5.68. The number of halogens is 1. The van der Waals surface area contributed by atoms with Crippen LogP contribution in [0.15, 0.2) is 60.9 Å². The molecule has 0 amide bonds. The van der Waals surface area contributed by atoms with Crippen molar-refractivity contribution in [1.82, 2.24) is 14.9 Å². The number of hydrogen-bond donors (Lipinski definition) is 0. The Morgan fingerprint density at radius 2 is 1.44 bits per heavy atom. The van der Waals surface area contributed by atoms with E-state index in [0.717, 1.165) is 85.7 Å². The summed E-state index contributed by atoms with van der Waals surface area (Å²) in [4.78, 5) is 16.6. The fraction of sp³-hybridized carbons (Fsp3) is 0.419. The molecule has 4 aromatic rings. The van der Waals surface area contributed by atoms with Crippen LogP contribution in [-0.4, -0.2) is 79.5 Å². The van der Waals surface area contributed by atoms with Gasteiger partial charge in [-0.05, 0) is 49.2 Å². The molecule has 4 heterocycles. The maximum Gasteiger partial charge on any atom is 0.133 e. The first-order valence-electron chi connectivity index (χ1n) is 13.9. The van der Waals surface area contributed by atoms with E-state index in [-0.39, 0.29) is 5.82 Å². The van der Waals surface area contributed by atoms with Gasteiger partial charge in [-0.3, -0.25) is 14.9 Å². The first kappa shape index (κ1) is 28.5. The number of fused-ring (bicyclic) bond motifs is 2. The van der Waals surface area contributed by atoms with Gasteiger partial charge in [-0.2, -0.15) is 0 Å². The summed E-state index contributed by atoms with van der Waals surface area (Å²) in [7, 11) is 2.97. The Balaban J connectivity index is 0.000000845. The van der Waals surface area contributed by atoms with E-state index in [2.05, 4.69) is 42.9 Å². The van der Waals surface area contributed by atoms with E-state index in [0.29, 0.717) is 11.4 Å². The van der Waals surface area contributed by atoms with Crippen molar-refractivity contribution >= 4 is 33.2 Å². The molecule has 2 N–H and O–H groups in total. The molecule has 2 aromatic carbocycles. The zero-order valence-corrected chi connectivity index (χ0v) is 23.5. The molecule has 0 spiro atoms. The van der Waals surface area contributed by atoms with Crippen LogP contribution >= 0.6 is 0 Å². The lowest BCUT2D eigenvalue weighted by Gasteiger charge is -2.44. The topological polar surface area (TPSA) is 67.6 Å². The molecular formula is C31H41FN5O2+. The molecule has 39 heavy (non-hydrogen) atoms. The minimum atomic E-state index is -0.205. The molecule has 0 atom stereocenters. The number of pyridine rings is 2. The third-order valence-corrected chi connectivity index (χ3v) is 7.57. The van der Waals surface area contributed by atoms with Crippen LogP contribution in [0.1, 0.15) is 26.7 Å². The smallest absolute Gasteiger partial charge is 0.133 e. The van der Waals surface area contributed by atoms with Gasteiger partial charge in [-0.1, -0.05) is 19.9 Å². The SMILES string of the molecule is CC.COc1cc(N2CCN(C3CCN(c4ccc(F)c5cccnc45)CC3)CC2)c2ncccc2c1.C[OH2+]. The highest BCUT2D eigenvalue weighted by molar-refractivity contribution is 5.92. The Bertz CT molecular complexity index is 1350.